The second-order valence-corrected chi connectivity index (χ2v) is 3.59. The van der Waals surface area contributed by atoms with Gasteiger partial charge >= 0.3 is 0 Å². The largest absolute Gasteiger partial charge is 0.327 e. The molecule has 0 radical (unpaired) electrons. The Kier molecular flexibility index (Phi) is 3.93. The number of benzene rings is 1. The van der Waals surface area contributed by atoms with Crippen LogP contribution in [0.1, 0.15) is 18.1 Å². The van der Waals surface area contributed by atoms with Crippen molar-refractivity contribution in [3.8, 4) is 0 Å². The summed E-state index contributed by atoms with van der Waals surface area (Å²) < 4.78 is 0. The minimum atomic E-state index is 0.227. The zero-order valence-electron chi connectivity index (χ0n) is 8.38. The SMILES string of the molecule is Cc1ccc(CNC[C@@H](C)N)cc1. The lowest BCUT2D eigenvalue weighted by Gasteiger charge is -2.07. The van der Waals surface area contributed by atoms with E-state index in [-0.39, 0.29) is 6.04 Å². The molecule has 0 aromatic heterocycles. The Balaban J connectivity index is 2.33. The maximum atomic E-state index is 5.62. The van der Waals surface area contributed by atoms with Crippen LogP contribution in [0.25, 0.3) is 0 Å². The number of hydrogen-bond acceptors (Lipinski definition) is 2. The van der Waals surface area contributed by atoms with Gasteiger partial charge in [0.1, 0.15) is 0 Å². The van der Waals surface area contributed by atoms with Gasteiger partial charge in [-0.15, -0.1) is 0 Å². The van der Waals surface area contributed by atoms with Crippen molar-refractivity contribution < 1.29 is 0 Å². The van der Waals surface area contributed by atoms with Gasteiger partial charge in [-0.2, -0.15) is 0 Å². The quantitative estimate of drug-likeness (QED) is 0.732. The molecule has 3 N–H and O–H groups in total. The molecule has 1 rings (SSSR count). The predicted molar refractivity (Wildman–Crippen MR) is 56.5 cm³/mol. The summed E-state index contributed by atoms with van der Waals surface area (Å²) in [5, 5.41) is 3.30. The fourth-order valence-corrected chi connectivity index (χ4v) is 1.15. The average molecular weight is 178 g/mol. The minimum absolute atomic E-state index is 0.227. The first-order valence-electron chi connectivity index (χ1n) is 4.70. The molecule has 0 saturated heterocycles. The summed E-state index contributed by atoms with van der Waals surface area (Å²) in [6, 6.07) is 8.77. The van der Waals surface area contributed by atoms with Crippen LogP contribution in [0.5, 0.6) is 0 Å². The highest BCUT2D eigenvalue weighted by Gasteiger charge is 1.94. The van der Waals surface area contributed by atoms with E-state index in [0.29, 0.717) is 0 Å². The molecule has 0 unspecified atom stereocenters. The van der Waals surface area contributed by atoms with E-state index >= 15 is 0 Å². The topological polar surface area (TPSA) is 38.0 Å². The lowest BCUT2D eigenvalue weighted by molar-refractivity contribution is 0.608. The molecule has 0 amide bonds. The Morgan fingerprint density at radius 3 is 2.46 bits per heavy atom. The first-order valence-corrected chi connectivity index (χ1v) is 4.70. The summed E-state index contributed by atoms with van der Waals surface area (Å²) in [6.07, 6.45) is 0. The average Bonchev–Trinajstić information content (AvgIpc) is 2.08. The van der Waals surface area contributed by atoms with Crippen molar-refractivity contribution in [1.29, 1.82) is 0 Å². The second-order valence-electron chi connectivity index (χ2n) is 3.59. The zero-order valence-corrected chi connectivity index (χ0v) is 8.38. The van der Waals surface area contributed by atoms with Crippen LogP contribution in [-0.4, -0.2) is 12.6 Å². The fraction of sp³-hybridized carbons (Fsp3) is 0.455. The summed E-state index contributed by atoms with van der Waals surface area (Å²) >= 11 is 0. The Hall–Kier alpha value is -0.860. The van der Waals surface area contributed by atoms with E-state index in [4.69, 9.17) is 5.73 Å². The van der Waals surface area contributed by atoms with Gasteiger partial charge in [-0.3, -0.25) is 0 Å². The fourth-order valence-electron chi connectivity index (χ4n) is 1.15. The Bertz CT molecular complexity index is 239. The molecule has 0 saturated carbocycles. The van der Waals surface area contributed by atoms with Crippen LogP contribution in [-0.2, 0) is 6.54 Å². The van der Waals surface area contributed by atoms with Gasteiger partial charge in [0.15, 0.2) is 0 Å². The minimum Gasteiger partial charge on any atom is -0.327 e. The molecular formula is C11H18N2. The third kappa shape index (κ3) is 4.06. The van der Waals surface area contributed by atoms with E-state index in [2.05, 4.69) is 36.5 Å². The molecule has 1 atom stereocenters. The van der Waals surface area contributed by atoms with Gasteiger partial charge in [-0.1, -0.05) is 29.8 Å². The van der Waals surface area contributed by atoms with E-state index in [1.807, 2.05) is 6.92 Å². The van der Waals surface area contributed by atoms with Crippen LogP contribution in [0.4, 0.5) is 0 Å². The highest BCUT2D eigenvalue weighted by Crippen LogP contribution is 2.01. The normalized spacial score (nSPS) is 12.8. The molecule has 1 aromatic rings. The Morgan fingerprint density at radius 2 is 1.92 bits per heavy atom. The number of aryl methyl sites for hydroxylation is 1. The summed E-state index contributed by atoms with van der Waals surface area (Å²) in [5.41, 5.74) is 8.23. The molecular weight excluding hydrogens is 160 g/mol. The third-order valence-electron chi connectivity index (χ3n) is 1.92. The van der Waals surface area contributed by atoms with Crippen LogP contribution in [0.3, 0.4) is 0 Å². The molecule has 0 spiro atoms. The van der Waals surface area contributed by atoms with Crippen molar-refractivity contribution >= 4 is 0 Å². The maximum Gasteiger partial charge on any atom is 0.0206 e. The molecule has 2 heteroatoms. The van der Waals surface area contributed by atoms with E-state index in [1.54, 1.807) is 0 Å². The molecule has 1 aromatic carbocycles. The van der Waals surface area contributed by atoms with Crippen molar-refractivity contribution in [2.75, 3.05) is 6.54 Å². The summed E-state index contributed by atoms with van der Waals surface area (Å²) in [7, 11) is 0. The van der Waals surface area contributed by atoms with Gasteiger partial charge in [0.05, 0.1) is 0 Å². The van der Waals surface area contributed by atoms with Crippen molar-refractivity contribution in [3.05, 3.63) is 35.4 Å². The van der Waals surface area contributed by atoms with Gasteiger partial charge in [0, 0.05) is 19.1 Å². The Labute approximate surface area is 80.1 Å². The third-order valence-corrected chi connectivity index (χ3v) is 1.92. The van der Waals surface area contributed by atoms with Crippen molar-refractivity contribution in [2.24, 2.45) is 5.73 Å². The molecule has 0 aliphatic rings. The van der Waals surface area contributed by atoms with Crippen LogP contribution >= 0.6 is 0 Å². The first-order chi connectivity index (χ1) is 6.18. The Morgan fingerprint density at radius 1 is 1.31 bits per heavy atom. The molecule has 0 fully saturated rings. The van der Waals surface area contributed by atoms with Crippen LogP contribution in [0.2, 0.25) is 0 Å². The van der Waals surface area contributed by atoms with Crippen LogP contribution < -0.4 is 11.1 Å². The number of nitrogens with one attached hydrogen (secondary N) is 1. The van der Waals surface area contributed by atoms with Gasteiger partial charge in [-0.25, -0.2) is 0 Å². The highest BCUT2D eigenvalue weighted by atomic mass is 14.9. The number of hydrogen-bond donors (Lipinski definition) is 2. The second kappa shape index (κ2) is 5.00. The molecule has 13 heavy (non-hydrogen) atoms. The molecule has 0 aliphatic heterocycles. The lowest BCUT2D eigenvalue weighted by Crippen LogP contribution is -2.30. The van der Waals surface area contributed by atoms with Gasteiger partial charge in [0.25, 0.3) is 0 Å². The maximum absolute atomic E-state index is 5.62. The van der Waals surface area contributed by atoms with Crippen LogP contribution in [0.15, 0.2) is 24.3 Å². The van der Waals surface area contributed by atoms with E-state index in [1.165, 1.54) is 11.1 Å². The number of nitrogens with two attached hydrogens (primary N) is 1. The van der Waals surface area contributed by atoms with Crippen molar-refractivity contribution in [2.45, 2.75) is 26.4 Å². The zero-order chi connectivity index (χ0) is 9.68. The summed E-state index contributed by atoms with van der Waals surface area (Å²) in [5.74, 6) is 0. The highest BCUT2D eigenvalue weighted by molar-refractivity contribution is 5.20. The van der Waals surface area contributed by atoms with Crippen molar-refractivity contribution in [1.82, 2.24) is 5.32 Å². The molecule has 0 bridgehead atoms. The first kappa shape index (κ1) is 10.2. The summed E-state index contributed by atoms with van der Waals surface area (Å²) in [6.45, 7) is 5.87. The molecule has 72 valence electrons. The van der Waals surface area contributed by atoms with Gasteiger partial charge in [-0.05, 0) is 19.4 Å². The van der Waals surface area contributed by atoms with E-state index in [9.17, 15) is 0 Å². The van der Waals surface area contributed by atoms with Crippen molar-refractivity contribution in [3.63, 3.8) is 0 Å². The van der Waals surface area contributed by atoms with Gasteiger partial charge in [0.2, 0.25) is 0 Å². The molecule has 0 aliphatic carbocycles. The van der Waals surface area contributed by atoms with E-state index < -0.39 is 0 Å². The number of rotatable bonds is 4. The monoisotopic (exact) mass is 178 g/mol. The summed E-state index contributed by atoms with van der Waals surface area (Å²) in [4.78, 5) is 0. The lowest BCUT2D eigenvalue weighted by atomic mass is 10.1. The van der Waals surface area contributed by atoms with Crippen LogP contribution in [0, 0.1) is 6.92 Å². The predicted octanol–water partition coefficient (Wildman–Crippen LogP) is 1.43. The smallest absolute Gasteiger partial charge is 0.0206 e. The van der Waals surface area contributed by atoms with E-state index in [0.717, 1.165) is 13.1 Å². The standard InChI is InChI=1S/C11H18N2/c1-9-3-5-11(6-4-9)8-13-7-10(2)12/h3-6,10,13H,7-8,12H2,1-2H3/t10-/m1/s1. The molecule has 0 heterocycles. The molecule has 2 nitrogen and oxygen atoms in total. The van der Waals surface area contributed by atoms with Gasteiger partial charge < -0.3 is 11.1 Å².